The number of nitrogens with zero attached hydrogens (tertiary/aromatic N) is 2. The molecule has 0 radical (unpaired) electrons. The molecule has 0 atom stereocenters. The van der Waals surface area contributed by atoms with Gasteiger partial charge in [-0.05, 0) is 48.2 Å². The molecule has 0 bridgehead atoms. The normalized spacial score (nSPS) is 17.5. The van der Waals surface area contributed by atoms with Crippen molar-refractivity contribution in [2.24, 2.45) is 5.92 Å². The summed E-state index contributed by atoms with van der Waals surface area (Å²) >= 11 is 6.24. The van der Waals surface area contributed by atoms with Crippen molar-refractivity contribution in [2.45, 2.75) is 31.8 Å². The Hall–Kier alpha value is -2.59. The molecule has 2 aliphatic rings. The molecule has 1 aliphatic heterocycles. The molecule has 1 aliphatic carbocycles. The monoisotopic (exact) mass is 406 g/mol. The van der Waals surface area contributed by atoms with Crippen molar-refractivity contribution in [3.8, 4) is 16.9 Å². The van der Waals surface area contributed by atoms with Crippen LogP contribution in [0.25, 0.3) is 22.0 Å². The maximum absolute atomic E-state index is 12.2. The molecule has 5 heteroatoms. The third-order valence-electron chi connectivity index (χ3n) is 5.86. The lowest BCUT2D eigenvalue weighted by atomic mass is 10.0. The van der Waals surface area contributed by atoms with E-state index in [0.29, 0.717) is 11.8 Å². The number of carbonyl (C=O) groups is 1. The Kier molecular flexibility index (Phi) is 4.88. The minimum absolute atomic E-state index is 0.177. The second-order valence-electron chi connectivity index (χ2n) is 7.97. The van der Waals surface area contributed by atoms with Crippen LogP contribution in [0.15, 0.2) is 54.7 Å². The van der Waals surface area contributed by atoms with Crippen LogP contribution in [0.5, 0.6) is 5.75 Å². The largest absolute Gasteiger partial charge is 0.490 e. The minimum atomic E-state index is 0.177. The van der Waals surface area contributed by atoms with Gasteiger partial charge in [-0.2, -0.15) is 0 Å². The number of piperidine rings is 1. The average Bonchev–Trinajstić information content (AvgIpc) is 3.60. The third kappa shape index (κ3) is 3.95. The summed E-state index contributed by atoms with van der Waals surface area (Å²) in [6.07, 6.45) is 5.85. The molecule has 3 aromatic rings. The fourth-order valence-corrected chi connectivity index (χ4v) is 4.21. The van der Waals surface area contributed by atoms with Crippen LogP contribution in [0, 0.1) is 5.92 Å². The Morgan fingerprint density at radius 1 is 0.966 bits per heavy atom. The standard InChI is InChI=1S/C24H23ClN2O2/c25-22-9-12-26-23-15-18(5-8-21(22)23)16-3-6-19(7-4-16)29-20-10-13-27(14-11-20)24(28)17-1-2-17/h3-9,12,15,17,20H,1-2,10-11,13-14H2. The highest BCUT2D eigenvalue weighted by atomic mass is 35.5. The van der Waals surface area contributed by atoms with Gasteiger partial charge in [0, 0.05) is 43.4 Å². The molecular formula is C24H23ClN2O2. The second-order valence-corrected chi connectivity index (χ2v) is 8.37. The van der Waals surface area contributed by atoms with Gasteiger partial charge in [0.2, 0.25) is 5.91 Å². The number of aromatic nitrogens is 1. The first-order valence-electron chi connectivity index (χ1n) is 10.3. The molecule has 2 fully saturated rings. The number of likely N-dealkylation sites (tertiary alicyclic amines) is 1. The first kappa shape index (κ1) is 18.4. The molecule has 1 saturated heterocycles. The maximum atomic E-state index is 12.2. The van der Waals surface area contributed by atoms with E-state index in [1.54, 1.807) is 6.20 Å². The highest BCUT2D eigenvalue weighted by Gasteiger charge is 2.35. The highest BCUT2D eigenvalue weighted by Crippen LogP contribution is 2.32. The van der Waals surface area contributed by atoms with E-state index in [9.17, 15) is 4.79 Å². The first-order chi connectivity index (χ1) is 14.2. The van der Waals surface area contributed by atoms with Gasteiger partial charge in [-0.15, -0.1) is 0 Å². The van der Waals surface area contributed by atoms with Gasteiger partial charge < -0.3 is 9.64 Å². The predicted octanol–water partition coefficient (Wildman–Crippen LogP) is 5.34. The molecule has 5 rings (SSSR count). The number of ether oxygens (including phenoxy) is 1. The average molecular weight is 407 g/mol. The number of rotatable bonds is 4. The lowest BCUT2D eigenvalue weighted by molar-refractivity contribution is -0.134. The van der Waals surface area contributed by atoms with Gasteiger partial charge in [-0.1, -0.05) is 35.9 Å². The van der Waals surface area contributed by atoms with Crippen molar-refractivity contribution in [3.05, 3.63) is 59.8 Å². The summed E-state index contributed by atoms with van der Waals surface area (Å²) in [5.74, 6) is 1.53. The fraction of sp³-hybridized carbons (Fsp3) is 0.333. The van der Waals surface area contributed by atoms with Crippen molar-refractivity contribution >= 4 is 28.4 Å². The summed E-state index contributed by atoms with van der Waals surface area (Å²) in [7, 11) is 0. The summed E-state index contributed by atoms with van der Waals surface area (Å²) < 4.78 is 6.17. The lowest BCUT2D eigenvalue weighted by Crippen LogP contribution is -2.42. The number of hydrogen-bond donors (Lipinski definition) is 0. The molecule has 1 amide bonds. The summed E-state index contributed by atoms with van der Waals surface area (Å²) in [5.41, 5.74) is 3.11. The van der Waals surface area contributed by atoms with Crippen molar-refractivity contribution in [1.82, 2.24) is 9.88 Å². The molecule has 0 N–H and O–H groups in total. The Balaban J connectivity index is 1.23. The zero-order valence-corrected chi connectivity index (χ0v) is 16.9. The van der Waals surface area contributed by atoms with E-state index in [4.69, 9.17) is 16.3 Å². The maximum Gasteiger partial charge on any atom is 0.225 e. The molecule has 1 aromatic heterocycles. The molecule has 2 heterocycles. The van der Waals surface area contributed by atoms with Crippen LogP contribution in [0.3, 0.4) is 0 Å². The van der Waals surface area contributed by atoms with Gasteiger partial charge in [0.1, 0.15) is 11.9 Å². The van der Waals surface area contributed by atoms with E-state index in [2.05, 4.69) is 29.2 Å². The van der Waals surface area contributed by atoms with E-state index >= 15 is 0 Å². The SMILES string of the molecule is O=C(C1CC1)N1CCC(Oc2ccc(-c3ccc4c(Cl)ccnc4c3)cc2)CC1. The van der Waals surface area contributed by atoms with E-state index in [-0.39, 0.29) is 6.10 Å². The molecular weight excluding hydrogens is 384 g/mol. The molecule has 4 nitrogen and oxygen atoms in total. The zero-order chi connectivity index (χ0) is 19.8. The van der Waals surface area contributed by atoms with Crippen molar-refractivity contribution in [3.63, 3.8) is 0 Å². The Morgan fingerprint density at radius 3 is 2.41 bits per heavy atom. The smallest absolute Gasteiger partial charge is 0.225 e. The fourth-order valence-electron chi connectivity index (χ4n) is 3.99. The van der Waals surface area contributed by atoms with Crippen LogP contribution >= 0.6 is 11.6 Å². The molecule has 0 spiro atoms. The van der Waals surface area contributed by atoms with Gasteiger partial charge in [0.05, 0.1) is 10.5 Å². The molecule has 0 unspecified atom stereocenters. The molecule has 2 aromatic carbocycles. The molecule has 148 valence electrons. The van der Waals surface area contributed by atoms with Crippen molar-refractivity contribution in [2.75, 3.05) is 13.1 Å². The van der Waals surface area contributed by atoms with E-state index in [0.717, 1.165) is 71.6 Å². The van der Waals surface area contributed by atoms with Crippen LogP contribution in [-0.2, 0) is 4.79 Å². The topological polar surface area (TPSA) is 42.4 Å². The van der Waals surface area contributed by atoms with Gasteiger partial charge in [-0.25, -0.2) is 0 Å². The number of halogens is 1. The lowest BCUT2D eigenvalue weighted by Gasteiger charge is -2.32. The summed E-state index contributed by atoms with van der Waals surface area (Å²) in [6.45, 7) is 1.62. The van der Waals surface area contributed by atoms with E-state index < -0.39 is 0 Å². The van der Waals surface area contributed by atoms with Gasteiger partial charge in [0.25, 0.3) is 0 Å². The van der Waals surface area contributed by atoms with Crippen LogP contribution in [0.2, 0.25) is 5.02 Å². The van der Waals surface area contributed by atoms with Crippen LogP contribution in [0.1, 0.15) is 25.7 Å². The van der Waals surface area contributed by atoms with Crippen LogP contribution in [0.4, 0.5) is 0 Å². The highest BCUT2D eigenvalue weighted by molar-refractivity contribution is 6.35. The van der Waals surface area contributed by atoms with Crippen molar-refractivity contribution in [1.29, 1.82) is 0 Å². The third-order valence-corrected chi connectivity index (χ3v) is 6.19. The number of benzene rings is 2. The van der Waals surface area contributed by atoms with Gasteiger partial charge in [0.15, 0.2) is 0 Å². The Morgan fingerprint density at radius 2 is 1.69 bits per heavy atom. The van der Waals surface area contributed by atoms with Crippen LogP contribution < -0.4 is 4.74 Å². The predicted molar refractivity (Wildman–Crippen MR) is 115 cm³/mol. The number of carbonyl (C=O) groups excluding carboxylic acids is 1. The zero-order valence-electron chi connectivity index (χ0n) is 16.2. The molecule has 29 heavy (non-hydrogen) atoms. The van der Waals surface area contributed by atoms with Crippen molar-refractivity contribution < 1.29 is 9.53 Å². The summed E-state index contributed by atoms with van der Waals surface area (Å²) in [5, 5.41) is 1.68. The van der Waals surface area contributed by atoms with E-state index in [1.807, 2.05) is 29.2 Å². The number of fused-ring (bicyclic) bond motifs is 1. The van der Waals surface area contributed by atoms with Gasteiger partial charge >= 0.3 is 0 Å². The Bertz CT molecular complexity index is 1040. The first-order valence-corrected chi connectivity index (χ1v) is 10.7. The summed E-state index contributed by atoms with van der Waals surface area (Å²) in [4.78, 5) is 18.6. The second kappa shape index (κ2) is 7.68. The van der Waals surface area contributed by atoms with Crippen LogP contribution in [-0.4, -0.2) is 35.0 Å². The van der Waals surface area contributed by atoms with E-state index in [1.165, 1.54) is 0 Å². The number of amides is 1. The Labute approximate surface area is 175 Å². The van der Waals surface area contributed by atoms with Gasteiger partial charge in [-0.3, -0.25) is 9.78 Å². The molecule has 1 saturated carbocycles. The number of hydrogen-bond acceptors (Lipinski definition) is 3. The quantitative estimate of drug-likeness (QED) is 0.587. The summed E-state index contributed by atoms with van der Waals surface area (Å²) in [6, 6.07) is 16.1. The number of pyridine rings is 1. The minimum Gasteiger partial charge on any atom is -0.490 e.